The molecule has 1 fully saturated rings. The molecule has 0 saturated carbocycles. The second-order valence-corrected chi connectivity index (χ2v) is 6.93. The number of carboxylic acids is 1. The number of amides is 1. The summed E-state index contributed by atoms with van der Waals surface area (Å²) in [4.78, 5) is 23.2. The number of thiocarbonyl (C=S) groups is 1. The molecule has 0 radical (unpaired) electrons. The lowest BCUT2D eigenvalue weighted by Crippen LogP contribution is -2.17. The fourth-order valence-electron chi connectivity index (χ4n) is 2.19. The summed E-state index contributed by atoms with van der Waals surface area (Å²) < 4.78 is 6.13. The minimum atomic E-state index is -0.965. The molecule has 2 aromatic rings. The van der Waals surface area contributed by atoms with E-state index in [1.165, 1.54) is 17.8 Å². The molecule has 0 bridgehead atoms. The number of thioether (sulfide) groups is 1. The van der Waals surface area contributed by atoms with Crippen LogP contribution in [-0.4, -0.2) is 21.3 Å². The van der Waals surface area contributed by atoms with E-state index in [4.69, 9.17) is 22.1 Å². The molecule has 5 nitrogen and oxygen atoms in total. The monoisotopic (exact) mass is 371 g/mol. The number of nitrogens with one attached hydrogen (secondary N) is 1. The van der Waals surface area contributed by atoms with Gasteiger partial charge in [-0.05, 0) is 41.5 Å². The van der Waals surface area contributed by atoms with Crippen molar-refractivity contribution in [2.24, 2.45) is 0 Å². The van der Waals surface area contributed by atoms with Gasteiger partial charge in [0.2, 0.25) is 0 Å². The molecular formula is C18H13NO4S2. The fraction of sp³-hybridized carbons (Fsp3) is 0.0556. The molecule has 7 heteroatoms. The van der Waals surface area contributed by atoms with Gasteiger partial charge in [-0.25, -0.2) is 4.79 Å². The molecule has 1 saturated heterocycles. The van der Waals surface area contributed by atoms with E-state index in [0.29, 0.717) is 15.0 Å². The molecule has 1 heterocycles. The van der Waals surface area contributed by atoms with E-state index >= 15 is 0 Å². The standard InChI is InChI=1S/C18H13NO4S2/c20-16-15(25-18(24)19-16)9-11-4-6-14(7-5-11)23-10-12-2-1-3-13(8-12)17(21)22/h1-9H,10H2,(H,21,22)(H,19,20,24)/b15-9+. The molecule has 126 valence electrons. The summed E-state index contributed by atoms with van der Waals surface area (Å²) in [7, 11) is 0. The number of carbonyl (C=O) groups excluding carboxylic acids is 1. The van der Waals surface area contributed by atoms with Crippen molar-refractivity contribution in [3.05, 3.63) is 70.1 Å². The van der Waals surface area contributed by atoms with Crippen molar-refractivity contribution in [2.75, 3.05) is 0 Å². The van der Waals surface area contributed by atoms with Crippen LogP contribution >= 0.6 is 24.0 Å². The number of hydrogen-bond acceptors (Lipinski definition) is 5. The van der Waals surface area contributed by atoms with E-state index in [1.807, 2.05) is 18.2 Å². The Hall–Kier alpha value is -2.64. The summed E-state index contributed by atoms with van der Waals surface area (Å²) in [6.07, 6.45) is 1.76. The van der Waals surface area contributed by atoms with Crippen molar-refractivity contribution < 1.29 is 19.4 Å². The third kappa shape index (κ3) is 4.46. The molecule has 2 aromatic carbocycles. The van der Waals surface area contributed by atoms with Crippen molar-refractivity contribution in [1.29, 1.82) is 0 Å². The number of ether oxygens (including phenoxy) is 1. The molecule has 2 N–H and O–H groups in total. The minimum Gasteiger partial charge on any atom is -0.489 e. The lowest BCUT2D eigenvalue weighted by Gasteiger charge is -2.07. The predicted octanol–water partition coefficient (Wildman–Crippen LogP) is 3.45. The third-order valence-corrected chi connectivity index (χ3v) is 4.56. The van der Waals surface area contributed by atoms with Crippen molar-refractivity contribution in [2.45, 2.75) is 6.61 Å². The highest BCUT2D eigenvalue weighted by Gasteiger charge is 2.21. The van der Waals surface area contributed by atoms with Crippen LogP contribution in [0.15, 0.2) is 53.4 Å². The second kappa shape index (κ2) is 7.50. The lowest BCUT2D eigenvalue weighted by atomic mass is 10.1. The first-order chi connectivity index (χ1) is 12.0. The number of carboxylic acid groups (broad SMARTS) is 1. The Bertz CT molecular complexity index is 875. The highest BCUT2D eigenvalue weighted by Crippen LogP contribution is 2.26. The van der Waals surface area contributed by atoms with E-state index < -0.39 is 5.97 Å². The zero-order chi connectivity index (χ0) is 17.8. The van der Waals surface area contributed by atoms with Crippen LogP contribution in [0, 0.1) is 0 Å². The zero-order valence-electron chi connectivity index (χ0n) is 12.9. The maximum atomic E-state index is 11.6. The topological polar surface area (TPSA) is 75.6 Å². The highest BCUT2D eigenvalue weighted by atomic mass is 32.2. The minimum absolute atomic E-state index is 0.186. The Balaban J connectivity index is 1.64. The molecule has 25 heavy (non-hydrogen) atoms. The maximum absolute atomic E-state index is 11.6. The summed E-state index contributed by atoms with van der Waals surface area (Å²) in [5.41, 5.74) is 1.87. The van der Waals surface area contributed by atoms with E-state index in [9.17, 15) is 9.59 Å². The zero-order valence-corrected chi connectivity index (χ0v) is 14.5. The van der Waals surface area contributed by atoms with E-state index in [2.05, 4.69) is 5.32 Å². The normalized spacial score (nSPS) is 15.3. The molecular weight excluding hydrogens is 358 g/mol. The van der Waals surface area contributed by atoms with Gasteiger partial charge in [-0.1, -0.05) is 48.2 Å². The van der Waals surface area contributed by atoms with Gasteiger partial charge in [0.1, 0.15) is 16.7 Å². The Kier molecular flexibility index (Phi) is 5.16. The maximum Gasteiger partial charge on any atom is 0.335 e. The second-order valence-electron chi connectivity index (χ2n) is 5.22. The van der Waals surface area contributed by atoms with Crippen LogP contribution in [0.25, 0.3) is 6.08 Å². The molecule has 0 atom stereocenters. The molecule has 0 aromatic heterocycles. The summed E-state index contributed by atoms with van der Waals surface area (Å²) in [6.45, 7) is 0.272. The largest absolute Gasteiger partial charge is 0.489 e. The van der Waals surface area contributed by atoms with Crippen LogP contribution in [0.1, 0.15) is 21.5 Å². The van der Waals surface area contributed by atoms with E-state index in [1.54, 1.807) is 30.3 Å². The highest BCUT2D eigenvalue weighted by molar-refractivity contribution is 8.26. The fourth-order valence-corrected chi connectivity index (χ4v) is 3.24. The Morgan fingerprint density at radius 3 is 2.64 bits per heavy atom. The van der Waals surface area contributed by atoms with Gasteiger partial charge in [-0.2, -0.15) is 0 Å². The van der Waals surface area contributed by atoms with E-state index in [0.717, 1.165) is 11.1 Å². The molecule has 0 aliphatic carbocycles. The van der Waals surface area contributed by atoms with Gasteiger partial charge in [0.25, 0.3) is 5.91 Å². The number of aromatic carboxylic acids is 1. The SMILES string of the molecule is O=C1NC(=S)S/C1=C/c1ccc(OCc2cccc(C(=O)O)c2)cc1. The van der Waals surface area contributed by atoms with Gasteiger partial charge in [0.15, 0.2) is 0 Å². The Labute approximate surface area is 153 Å². The first-order valence-corrected chi connectivity index (χ1v) is 8.54. The van der Waals surface area contributed by atoms with Crippen LogP contribution in [0.4, 0.5) is 0 Å². The van der Waals surface area contributed by atoms with Crippen LogP contribution in [0.2, 0.25) is 0 Å². The lowest BCUT2D eigenvalue weighted by molar-refractivity contribution is -0.115. The number of hydrogen-bond donors (Lipinski definition) is 2. The summed E-state index contributed by atoms with van der Waals surface area (Å²) in [5.74, 6) is -0.497. The molecule has 0 unspecified atom stereocenters. The van der Waals surface area contributed by atoms with Gasteiger partial charge in [-0.15, -0.1) is 0 Å². The number of carbonyl (C=O) groups is 2. The van der Waals surface area contributed by atoms with Crippen molar-refractivity contribution in [3.63, 3.8) is 0 Å². The van der Waals surface area contributed by atoms with Crippen molar-refractivity contribution in [1.82, 2.24) is 5.32 Å². The Morgan fingerprint density at radius 2 is 2.00 bits per heavy atom. The Morgan fingerprint density at radius 1 is 1.24 bits per heavy atom. The quantitative estimate of drug-likeness (QED) is 0.619. The third-order valence-electron chi connectivity index (χ3n) is 3.40. The van der Waals surface area contributed by atoms with Crippen molar-refractivity contribution in [3.8, 4) is 5.75 Å². The van der Waals surface area contributed by atoms with Crippen LogP contribution in [-0.2, 0) is 11.4 Å². The van der Waals surface area contributed by atoms with Gasteiger partial charge in [-0.3, -0.25) is 4.79 Å². The van der Waals surface area contributed by atoms with Crippen molar-refractivity contribution >= 4 is 46.3 Å². The molecule has 0 spiro atoms. The van der Waals surface area contributed by atoms with E-state index in [-0.39, 0.29) is 18.1 Å². The summed E-state index contributed by atoms with van der Waals surface area (Å²) in [6, 6.07) is 13.9. The van der Waals surface area contributed by atoms with Crippen LogP contribution in [0.3, 0.4) is 0 Å². The number of benzene rings is 2. The van der Waals surface area contributed by atoms with Gasteiger partial charge < -0.3 is 15.2 Å². The molecule has 1 aliphatic rings. The summed E-state index contributed by atoms with van der Waals surface area (Å²) >= 11 is 6.19. The van der Waals surface area contributed by atoms with Gasteiger partial charge in [0.05, 0.1) is 10.5 Å². The van der Waals surface area contributed by atoms with Gasteiger partial charge >= 0.3 is 5.97 Å². The average molecular weight is 371 g/mol. The molecule has 1 amide bonds. The van der Waals surface area contributed by atoms with Crippen LogP contribution < -0.4 is 10.1 Å². The molecule has 1 aliphatic heterocycles. The predicted molar refractivity (Wildman–Crippen MR) is 100 cm³/mol. The average Bonchev–Trinajstić information content (AvgIpc) is 2.92. The summed E-state index contributed by atoms with van der Waals surface area (Å²) in [5, 5.41) is 11.6. The van der Waals surface area contributed by atoms with Crippen LogP contribution in [0.5, 0.6) is 5.75 Å². The smallest absolute Gasteiger partial charge is 0.335 e. The first kappa shape index (κ1) is 17.2. The first-order valence-electron chi connectivity index (χ1n) is 7.31. The molecule has 3 rings (SSSR count). The van der Waals surface area contributed by atoms with Gasteiger partial charge in [0, 0.05) is 0 Å². The number of rotatable bonds is 5.